The fourth-order valence-corrected chi connectivity index (χ4v) is 4.95. The van der Waals surface area contributed by atoms with E-state index in [1.54, 1.807) is 4.68 Å². The summed E-state index contributed by atoms with van der Waals surface area (Å²) in [4.78, 5) is 12.5. The molecule has 0 spiro atoms. The molecular formula is C20H21N3OS3. The molecule has 0 saturated carbocycles. The maximum Gasteiger partial charge on any atom is 0.237 e. The average Bonchev–Trinajstić information content (AvgIpc) is 3.03. The summed E-state index contributed by atoms with van der Waals surface area (Å²) in [5.41, 5.74) is 2.98. The second-order valence-corrected chi connectivity index (χ2v) is 9.62. The molecule has 0 aliphatic carbocycles. The highest BCUT2D eigenvalue weighted by Crippen LogP contribution is 2.28. The number of anilines is 1. The van der Waals surface area contributed by atoms with Crippen LogP contribution in [0.15, 0.2) is 58.9 Å². The summed E-state index contributed by atoms with van der Waals surface area (Å²) in [6.45, 7) is 6.17. The number of thioether (sulfide) groups is 1. The van der Waals surface area contributed by atoms with Crippen LogP contribution in [-0.2, 0) is 4.79 Å². The molecule has 3 aromatic rings. The van der Waals surface area contributed by atoms with Crippen molar-refractivity contribution < 1.29 is 4.79 Å². The predicted octanol–water partition coefficient (Wildman–Crippen LogP) is 5.91. The third-order valence-corrected chi connectivity index (χ3v) is 6.44. The first-order valence-electron chi connectivity index (χ1n) is 8.67. The number of carbonyl (C=O) groups excluding carboxylic acids is 1. The molecule has 1 unspecified atom stereocenters. The molecular weight excluding hydrogens is 394 g/mol. The van der Waals surface area contributed by atoms with E-state index in [4.69, 9.17) is 12.2 Å². The number of nitrogens with zero attached hydrogens (tertiary/aromatic N) is 2. The van der Waals surface area contributed by atoms with Crippen LogP contribution in [0.3, 0.4) is 0 Å². The lowest BCUT2D eigenvalue weighted by atomic mass is 10.0. The van der Waals surface area contributed by atoms with E-state index in [9.17, 15) is 4.79 Å². The zero-order valence-corrected chi connectivity index (χ0v) is 17.8. The molecule has 1 heterocycles. The summed E-state index contributed by atoms with van der Waals surface area (Å²) in [6, 6.07) is 17.7. The van der Waals surface area contributed by atoms with Crippen LogP contribution in [0.5, 0.6) is 0 Å². The van der Waals surface area contributed by atoms with Gasteiger partial charge in [0.25, 0.3) is 0 Å². The summed E-state index contributed by atoms with van der Waals surface area (Å²) < 4.78 is 3.18. The van der Waals surface area contributed by atoms with Crippen molar-refractivity contribution in [3.8, 4) is 5.69 Å². The topological polar surface area (TPSA) is 46.9 Å². The molecule has 1 N–H and O–H groups in total. The van der Waals surface area contributed by atoms with Crippen molar-refractivity contribution in [2.75, 3.05) is 5.32 Å². The van der Waals surface area contributed by atoms with Crippen molar-refractivity contribution in [2.24, 2.45) is 0 Å². The Kier molecular flexibility index (Phi) is 6.46. The second-order valence-electron chi connectivity index (χ2n) is 6.41. The molecule has 0 aliphatic rings. The van der Waals surface area contributed by atoms with Crippen LogP contribution in [0.25, 0.3) is 5.69 Å². The molecule has 2 aromatic carbocycles. The normalized spacial score (nSPS) is 12.1. The van der Waals surface area contributed by atoms with Gasteiger partial charge in [-0.25, -0.2) is 4.68 Å². The number of para-hydroxylation sites is 1. The van der Waals surface area contributed by atoms with E-state index in [1.165, 1.54) is 28.7 Å². The van der Waals surface area contributed by atoms with Crippen molar-refractivity contribution >= 4 is 46.9 Å². The Labute approximate surface area is 172 Å². The minimum Gasteiger partial charge on any atom is -0.325 e. The molecule has 7 heteroatoms. The van der Waals surface area contributed by atoms with E-state index >= 15 is 0 Å². The van der Waals surface area contributed by atoms with Crippen molar-refractivity contribution in [1.29, 1.82) is 0 Å². The number of amides is 1. The van der Waals surface area contributed by atoms with E-state index in [0.717, 1.165) is 15.7 Å². The smallest absolute Gasteiger partial charge is 0.237 e. The number of rotatable bonds is 6. The number of nitrogens with one attached hydrogen (secondary N) is 1. The highest BCUT2D eigenvalue weighted by Gasteiger charge is 2.17. The van der Waals surface area contributed by atoms with Crippen LogP contribution in [0.2, 0.25) is 0 Å². The van der Waals surface area contributed by atoms with Crippen molar-refractivity contribution in [3.05, 3.63) is 64.1 Å². The van der Waals surface area contributed by atoms with E-state index in [0.29, 0.717) is 9.87 Å². The first kappa shape index (κ1) is 19.8. The molecule has 0 bridgehead atoms. The Morgan fingerprint density at radius 2 is 1.78 bits per heavy atom. The average molecular weight is 416 g/mol. The largest absolute Gasteiger partial charge is 0.325 e. The van der Waals surface area contributed by atoms with Gasteiger partial charge in [0.15, 0.2) is 8.29 Å². The van der Waals surface area contributed by atoms with Gasteiger partial charge in [-0.15, -0.1) is 5.10 Å². The Balaban J connectivity index is 1.65. The SMILES string of the molecule is CC(Sc1nn(-c2ccccc2)c(=S)s1)C(=O)Nc1ccc(C(C)C)cc1. The summed E-state index contributed by atoms with van der Waals surface area (Å²) in [7, 11) is 0. The quantitative estimate of drug-likeness (QED) is 0.402. The molecule has 4 nitrogen and oxygen atoms in total. The van der Waals surface area contributed by atoms with Gasteiger partial charge < -0.3 is 5.32 Å². The number of aromatic nitrogens is 2. The molecule has 0 fully saturated rings. The van der Waals surface area contributed by atoms with Gasteiger partial charge in [-0.3, -0.25) is 4.79 Å². The summed E-state index contributed by atoms with van der Waals surface area (Å²) in [5.74, 6) is 0.419. The van der Waals surface area contributed by atoms with Crippen LogP contribution in [0.4, 0.5) is 5.69 Å². The zero-order valence-electron chi connectivity index (χ0n) is 15.4. The van der Waals surface area contributed by atoms with Gasteiger partial charge in [-0.05, 0) is 54.9 Å². The molecule has 0 radical (unpaired) electrons. The third-order valence-electron chi connectivity index (χ3n) is 4.02. The van der Waals surface area contributed by atoms with Gasteiger partial charge in [0.1, 0.15) is 0 Å². The Morgan fingerprint density at radius 1 is 1.11 bits per heavy atom. The third kappa shape index (κ3) is 5.06. The molecule has 0 saturated heterocycles. The Bertz CT molecular complexity index is 962. The molecule has 27 heavy (non-hydrogen) atoms. The number of carbonyl (C=O) groups is 1. The highest BCUT2D eigenvalue weighted by molar-refractivity contribution is 8.02. The van der Waals surface area contributed by atoms with Gasteiger partial charge in [0.2, 0.25) is 5.91 Å². The minimum atomic E-state index is -0.278. The number of hydrogen-bond acceptors (Lipinski definition) is 5. The van der Waals surface area contributed by atoms with E-state index in [-0.39, 0.29) is 11.2 Å². The van der Waals surface area contributed by atoms with E-state index < -0.39 is 0 Å². The summed E-state index contributed by atoms with van der Waals surface area (Å²) in [6.07, 6.45) is 0. The molecule has 0 aliphatic heterocycles. The monoisotopic (exact) mass is 415 g/mol. The van der Waals surface area contributed by atoms with Crippen LogP contribution in [0.1, 0.15) is 32.3 Å². The maximum absolute atomic E-state index is 12.5. The summed E-state index contributed by atoms with van der Waals surface area (Å²) in [5, 5.41) is 7.24. The fourth-order valence-electron chi connectivity index (χ4n) is 2.44. The van der Waals surface area contributed by atoms with Crippen LogP contribution >= 0.6 is 35.3 Å². The van der Waals surface area contributed by atoms with E-state index in [2.05, 4.69) is 24.3 Å². The number of hydrogen-bond donors (Lipinski definition) is 1. The summed E-state index contributed by atoms with van der Waals surface area (Å²) >= 11 is 8.25. The van der Waals surface area contributed by atoms with Gasteiger partial charge in [0, 0.05) is 5.69 Å². The van der Waals surface area contributed by atoms with Crippen LogP contribution < -0.4 is 5.32 Å². The predicted molar refractivity (Wildman–Crippen MR) is 117 cm³/mol. The molecule has 1 atom stereocenters. The van der Waals surface area contributed by atoms with Gasteiger partial charge in [-0.1, -0.05) is 67.3 Å². The highest BCUT2D eigenvalue weighted by atomic mass is 32.2. The van der Waals surface area contributed by atoms with Crippen molar-refractivity contribution in [3.63, 3.8) is 0 Å². The lowest BCUT2D eigenvalue weighted by Gasteiger charge is -2.11. The molecule has 1 amide bonds. The lowest BCUT2D eigenvalue weighted by molar-refractivity contribution is -0.115. The standard InChI is InChI=1S/C20H21N3OS3/c1-13(2)15-9-11-16(12-10-15)21-18(24)14(3)26-19-22-23(20(25)27-19)17-7-5-4-6-8-17/h4-14H,1-3H3,(H,21,24). The fraction of sp³-hybridized carbons (Fsp3) is 0.250. The number of benzene rings is 2. The first-order chi connectivity index (χ1) is 12.9. The minimum absolute atomic E-state index is 0.0512. The first-order valence-corrected chi connectivity index (χ1v) is 10.8. The zero-order chi connectivity index (χ0) is 19.4. The van der Waals surface area contributed by atoms with Gasteiger partial charge in [0.05, 0.1) is 10.9 Å². The van der Waals surface area contributed by atoms with Gasteiger partial charge in [-0.2, -0.15) is 0 Å². The lowest BCUT2D eigenvalue weighted by Crippen LogP contribution is -2.22. The Hall–Kier alpha value is -1.96. The molecule has 140 valence electrons. The van der Waals surface area contributed by atoms with Crippen molar-refractivity contribution in [1.82, 2.24) is 9.78 Å². The van der Waals surface area contributed by atoms with Crippen LogP contribution in [-0.4, -0.2) is 20.9 Å². The van der Waals surface area contributed by atoms with Crippen LogP contribution in [0, 0.1) is 3.95 Å². The Morgan fingerprint density at radius 3 is 2.41 bits per heavy atom. The second kappa shape index (κ2) is 8.82. The van der Waals surface area contributed by atoms with E-state index in [1.807, 2.05) is 61.5 Å². The van der Waals surface area contributed by atoms with Gasteiger partial charge >= 0.3 is 0 Å². The van der Waals surface area contributed by atoms with Crippen molar-refractivity contribution in [2.45, 2.75) is 36.3 Å². The maximum atomic E-state index is 12.5. The molecule has 3 rings (SSSR count). The molecule has 1 aromatic heterocycles.